The summed E-state index contributed by atoms with van der Waals surface area (Å²) >= 11 is 5.83. The van der Waals surface area contributed by atoms with Crippen LogP contribution >= 0.6 is 12.2 Å². The molecule has 0 saturated heterocycles. The molecule has 2 aromatic rings. The molecule has 0 amide bonds. The fourth-order valence-electron chi connectivity index (χ4n) is 6.16. The monoisotopic (exact) mass is 693 g/mol. The Hall–Kier alpha value is -2.33. The Morgan fingerprint density at radius 3 is 1.35 bits per heavy atom. The van der Waals surface area contributed by atoms with Crippen molar-refractivity contribution in [3.63, 3.8) is 0 Å². The molecule has 0 radical (unpaired) electrons. The first-order valence-corrected chi connectivity index (χ1v) is 20.9. The van der Waals surface area contributed by atoms with Crippen LogP contribution in [0.5, 0.6) is 17.2 Å². The number of hydrogen-bond acceptors (Lipinski definition) is 4. The van der Waals surface area contributed by atoms with Gasteiger partial charge in [0.05, 0.1) is 19.8 Å². The highest BCUT2D eigenvalue weighted by molar-refractivity contribution is 7.81. The van der Waals surface area contributed by atoms with E-state index in [1.807, 2.05) is 6.08 Å². The van der Waals surface area contributed by atoms with Crippen molar-refractivity contribution in [1.82, 2.24) is 0 Å². The molecule has 0 fully saturated rings. The molecular weight excluding hydrogens is 621 g/mol. The highest BCUT2D eigenvalue weighted by Crippen LogP contribution is 2.40. The summed E-state index contributed by atoms with van der Waals surface area (Å²) < 4.78 is 19.5. The summed E-state index contributed by atoms with van der Waals surface area (Å²) in [5.41, 5.74) is 3.46. The summed E-state index contributed by atoms with van der Waals surface area (Å²) in [4.78, 5) is 0.832. The zero-order valence-corrected chi connectivity index (χ0v) is 33.0. The second-order valence-corrected chi connectivity index (χ2v) is 14.3. The van der Waals surface area contributed by atoms with Crippen LogP contribution in [0.25, 0.3) is 6.08 Å². The van der Waals surface area contributed by atoms with Gasteiger partial charge in [0, 0.05) is 4.86 Å². The van der Waals surface area contributed by atoms with Crippen LogP contribution in [0.2, 0.25) is 0 Å². The third-order valence-electron chi connectivity index (χ3n) is 9.25. The maximum atomic E-state index is 6.52. The average Bonchev–Trinajstić information content (AvgIpc) is 3.11. The van der Waals surface area contributed by atoms with Gasteiger partial charge in [0.15, 0.2) is 11.5 Å². The van der Waals surface area contributed by atoms with E-state index in [0.717, 1.165) is 65.3 Å². The molecule has 0 aliphatic heterocycles. The summed E-state index contributed by atoms with van der Waals surface area (Å²) in [5.74, 6) is 2.35. The highest BCUT2D eigenvalue weighted by atomic mass is 32.1. The lowest BCUT2D eigenvalue weighted by atomic mass is 10.0. The molecule has 276 valence electrons. The maximum absolute atomic E-state index is 6.52. The number of allylic oxidation sites excluding steroid dienone is 1. The third kappa shape index (κ3) is 20.2. The lowest BCUT2D eigenvalue weighted by Crippen LogP contribution is -2.07. The van der Waals surface area contributed by atoms with Crippen LogP contribution in [-0.2, 0) is 6.42 Å². The first-order valence-electron chi connectivity index (χ1n) is 20.5. The molecule has 0 aliphatic carbocycles. The van der Waals surface area contributed by atoms with E-state index in [1.54, 1.807) is 0 Å². The lowest BCUT2D eigenvalue weighted by molar-refractivity contribution is 0.234. The molecule has 0 aliphatic rings. The van der Waals surface area contributed by atoms with Crippen LogP contribution in [0.1, 0.15) is 186 Å². The predicted molar refractivity (Wildman–Crippen MR) is 218 cm³/mol. The SMILES string of the molecule is CCCCCCCCCOc1cc(C=CC(=S)c2ccc(CCC)cc2)cc(OCCCCCCCCC)c1OCCCCCCCCC. The number of aryl methyl sites for hydroxylation is 1. The summed E-state index contributed by atoms with van der Waals surface area (Å²) in [7, 11) is 0. The fraction of sp³-hybridized carbons (Fsp3) is 0.667. The quantitative estimate of drug-likeness (QED) is 0.0330. The standard InChI is InChI=1S/C45H72O3S/c1-5-9-12-15-18-21-24-34-46-42-37-40(30-33-44(49)41-31-28-39(27-8-4)29-32-41)38-43(47-35-25-22-19-16-13-10-6-2)45(42)48-36-26-23-20-17-14-11-7-3/h28-33,37-38H,5-27,34-36H2,1-4H3. The first kappa shape index (κ1) is 42.8. The molecule has 49 heavy (non-hydrogen) atoms. The minimum atomic E-state index is 0.683. The summed E-state index contributed by atoms with van der Waals surface area (Å²) in [6.45, 7) is 11.1. The second kappa shape index (κ2) is 29.4. The van der Waals surface area contributed by atoms with Crippen molar-refractivity contribution in [2.45, 2.75) is 175 Å². The van der Waals surface area contributed by atoms with Crippen LogP contribution in [0.15, 0.2) is 42.5 Å². The summed E-state index contributed by atoms with van der Waals surface area (Å²) in [6.07, 6.45) is 32.8. The third-order valence-corrected chi connectivity index (χ3v) is 9.62. The molecular formula is C45H72O3S. The van der Waals surface area contributed by atoms with E-state index in [-0.39, 0.29) is 0 Å². The van der Waals surface area contributed by atoms with Crippen LogP contribution in [-0.4, -0.2) is 24.7 Å². The van der Waals surface area contributed by atoms with E-state index < -0.39 is 0 Å². The van der Waals surface area contributed by atoms with Crippen molar-refractivity contribution < 1.29 is 14.2 Å². The second-order valence-electron chi connectivity index (χ2n) is 13.9. The van der Waals surface area contributed by atoms with E-state index in [0.29, 0.717) is 19.8 Å². The van der Waals surface area contributed by atoms with Gasteiger partial charge in [-0.2, -0.15) is 0 Å². The molecule has 0 aromatic heterocycles. The Kier molecular flexibility index (Phi) is 25.7. The highest BCUT2D eigenvalue weighted by Gasteiger charge is 2.16. The van der Waals surface area contributed by atoms with Crippen molar-refractivity contribution in [1.29, 1.82) is 0 Å². The Labute approximate surface area is 308 Å². The van der Waals surface area contributed by atoms with Gasteiger partial charge >= 0.3 is 0 Å². The molecule has 0 heterocycles. The number of benzene rings is 2. The van der Waals surface area contributed by atoms with Gasteiger partial charge in [-0.1, -0.05) is 192 Å². The van der Waals surface area contributed by atoms with Gasteiger partial charge in [0.1, 0.15) is 0 Å². The van der Waals surface area contributed by atoms with Crippen LogP contribution in [0.4, 0.5) is 0 Å². The number of ether oxygens (including phenoxy) is 3. The Morgan fingerprint density at radius 2 is 0.918 bits per heavy atom. The van der Waals surface area contributed by atoms with E-state index in [4.69, 9.17) is 26.4 Å². The molecule has 3 nitrogen and oxygen atoms in total. The molecule has 4 heteroatoms. The van der Waals surface area contributed by atoms with Gasteiger partial charge in [-0.3, -0.25) is 0 Å². The normalized spacial score (nSPS) is 11.3. The van der Waals surface area contributed by atoms with Crippen molar-refractivity contribution in [2.75, 3.05) is 19.8 Å². The minimum Gasteiger partial charge on any atom is -0.490 e. The number of thiocarbonyl (C=S) groups is 1. The van der Waals surface area contributed by atoms with E-state index in [9.17, 15) is 0 Å². The van der Waals surface area contributed by atoms with Crippen molar-refractivity contribution >= 4 is 23.2 Å². The molecule has 2 rings (SSSR count). The molecule has 0 atom stereocenters. The number of hydrogen-bond donors (Lipinski definition) is 0. The van der Waals surface area contributed by atoms with Gasteiger partial charge in [0.25, 0.3) is 0 Å². The zero-order valence-electron chi connectivity index (χ0n) is 32.1. The van der Waals surface area contributed by atoms with Crippen LogP contribution < -0.4 is 14.2 Å². The van der Waals surface area contributed by atoms with Crippen molar-refractivity contribution in [3.05, 3.63) is 59.2 Å². The smallest absolute Gasteiger partial charge is 0.203 e. The van der Waals surface area contributed by atoms with Gasteiger partial charge in [0.2, 0.25) is 5.75 Å². The van der Waals surface area contributed by atoms with Gasteiger partial charge < -0.3 is 14.2 Å². The Bertz CT molecular complexity index is 1080. The Morgan fingerprint density at radius 1 is 0.510 bits per heavy atom. The fourth-order valence-corrected chi connectivity index (χ4v) is 6.36. The van der Waals surface area contributed by atoms with Crippen molar-refractivity contribution in [2.24, 2.45) is 0 Å². The molecule has 0 spiro atoms. The van der Waals surface area contributed by atoms with Crippen LogP contribution in [0.3, 0.4) is 0 Å². The number of unbranched alkanes of at least 4 members (excludes halogenated alkanes) is 18. The van der Waals surface area contributed by atoms with Crippen molar-refractivity contribution in [3.8, 4) is 17.2 Å². The van der Waals surface area contributed by atoms with Crippen LogP contribution in [0, 0.1) is 0 Å². The molecule has 2 aromatic carbocycles. The average molecular weight is 693 g/mol. The van der Waals surface area contributed by atoms with E-state index >= 15 is 0 Å². The maximum Gasteiger partial charge on any atom is 0.203 e. The van der Waals surface area contributed by atoms with Gasteiger partial charge in [-0.25, -0.2) is 0 Å². The summed E-state index contributed by atoms with van der Waals surface area (Å²) in [5, 5.41) is 0. The lowest BCUT2D eigenvalue weighted by Gasteiger charge is -2.18. The van der Waals surface area contributed by atoms with E-state index in [2.05, 4.69) is 70.2 Å². The predicted octanol–water partition coefficient (Wildman–Crippen LogP) is 14.5. The first-order chi connectivity index (χ1) is 24.1. The Balaban J connectivity index is 2.19. The van der Waals surface area contributed by atoms with Gasteiger partial charge in [-0.05, 0) is 60.6 Å². The van der Waals surface area contributed by atoms with E-state index in [1.165, 1.54) is 121 Å². The topological polar surface area (TPSA) is 27.7 Å². The largest absolute Gasteiger partial charge is 0.490 e. The number of rotatable bonds is 32. The molecule has 0 saturated carbocycles. The summed E-state index contributed by atoms with van der Waals surface area (Å²) in [6, 6.07) is 12.9. The zero-order chi connectivity index (χ0) is 35.2. The molecule has 0 N–H and O–H groups in total. The molecule has 0 bridgehead atoms. The molecule has 0 unspecified atom stereocenters. The minimum absolute atomic E-state index is 0.683. The van der Waals surface area contributed by atoms with Gasteiger partial charge in [-0.15, -0.1) is 0 Å².